The van der Waals surface area contributed by atoms with Crippen LogP contribution in [-0.4, -0.2) is 30.7 Å². The van der Waals surface area contributed by atoms with Crippen molar-refractivity contribution < 1.29 is 14.3 Å². The summed E-state index contributed by atoms with van der Waals surface area (Å²) >= 11 is 3.40. The van der Waals surface area contributed by atoms with Crippen LogP contribution in [-0.2, 0) is 9.53 Å². The number of benzene rings is 1. The Morgan fingerprint density at radius 1 is 1.12 bits per heavy atom. The summed E-state index contributed by atoms with van der Waals surface area (Å²) in [5, 5.41) is 2.91. The molecule has 0 bridgehead atoms. The van der Waals surface area contributed by atoms with Gasteiger partial charge in [0.1, 0.15) is 5.60 Å². The highest BCUT2D eigenvalue weighted by Crippen LogP contribution is 2.28. The van der Waals surface area contributed by atoms with Crippen molar-refractivity contribution in [3.8, 4) is 0 Å². The highest BCUT2D eigenvalue weighted by atomic mass is 79.9. The first-order chi connectivity index (χ1) is 11.7. The van der Waals surface area contributed by atoms with Crippen LogP contribution in [0.25, 0.3) is 0 Å². The van der Waals surface area contributed by atoms with Crippen molar-refractivity contribution in [3.05, 3.63) is 28.7 Å². The molecule has 0 spiro atoms. The van der Waals surface area contributed by atoms with E-state index in [0.717, 1.165) is 35.8 Å². The molecule has 6 heteroatoms. The summed E-state index contributed by atoms with van der Waals surface area (Å²) in [6, 6.07) is 7.80. The molecule has 0 saturated heterocycles. The number of anilines is 1. The number of nitrogens with zero attached hydrogens (tertiary/aromatic N) is 1. The molecule has 1 N–H and O–H groups in total. The lowest BCUT2D eigenvalue weighted by atomic mass is 9.85. The average molecular weight is 411 g/mol. The van der Waals surface area contributed by atoms with E-state index >= 15 is 0 Å². The van der Waals surface area contributed by atoms with E-state index in [4.69, 9.17) is 4.74 Å². The first-order valence-electron chi connectivity index (χ1n) is 8.68. The van der Waals surface area contributed by atoms with Crippen molar-refractivity contribution in [2.75, 3.05) is 11.9 Å². The Kier molecular flexibility index (Phi) is 6.49. The second kappa shape index (κ2) is 8.21. The zero-order chi connectivity index (χ0) is 18.6. The van der Waals surface area contributed by atoms with E-state index in [1.807, 2.05) is 52.1 Å². The van der Waals surface area contributed by atoms with Crippen LogP contribution in [0.4, 0.5) is 10.5 Å². The van der Waals surface area contributed by atoms with Crippen molar-refractivity contribution in [1.29, 1.82) is 0 Å². The minimum Gasteiger partial charge on any atom is -0.444 e. The van der Waals surface area contributed by atoms with Crippen LogP contribution < -0.4 is 10.2 Å². The van der Waals surface area contributed by atoms with Gasteiger partial charge in [-0.2, -0.15) is 0 Å². The largest absolute Gasteiger partial charge is 0.444 e. The van der Waals surface area contributed by atoms with E-state index in [0.29, 0.717) is 0 Å². The minimum absolute atomic E-state index is 0.00494. The van der Waals surface area contributed by atoms with Crippen molar-refractivity contribution in [2.45, 2.75) is 58.1 Å². The monoisotopic (exact) mass is 410 g/mol. The zero-order valence-corrected chi connectivity index (χ0v) is 16.9. The maximum Gasteiger partial charge on any atom is 0.407 e. The van der Waals surface area contributed by atoms with Crippen LogP contribution in [0.5, 0.6) is 0 Å². The number of carbonyl (C=O) groups is 2. The van der Waals surface area contributed by atoms with Crippen molar-refractivity contribution in [2.24, 2.45) is 5.92 Å². The summed E-state index contributed by atoms with van der Waals surface area (Å²) in [5.74, 6) is 0.142. The SMILES string of the molecule is CN(c1ccc(Br)cc1)C(=O)[C@H]1CC[C@H](NC(=O)OC(C)(C)C)CC1. The van der Waals surface area contributed by atoms with E-state index in [9.17, 15) is 9.59 Å². The minimum atomic E-state index is -0.495. The summed E-state index contributed by atoms with van der Waals surface area (Å²) < 4.78 is 6.28. The van der Waals surface area contributed by atoms with E-state index in [-0.39, 0.29) is 24.0 Å². The molecule has 138 valence electrons. The molecule has 0 heterocycles. The first kappa shape index (κ1) is 19.8. The topological polar surface area (TPSA) is 58.6 Å². The Morgan fingerprint density at radius 2 is 1.68 bits per heavy atom. The third-order valence-corrected chi connectivity index (χ3v) is 4.87. The molecule has 5 nitrogen and oxygen atoms in total. The van der Waals surface area contributed by atoms with Crippen LogP contribution in [0, 0.1) is 5.92 Å². The van der Waals surface area contributed by atoms with E-state index in [1.54, 1.807) is 4.90 Å². The summed E-state index contributed by atoms with van der Waals surface area (Å²) in [6.07, 6.45) is 2.77. The van der Waals surface area contributed by atoms with Gasteiger partial charge in [-0.15, -0.1) is 0 Å². The number of rotatable bonds is 3. The Balaban J connectivity index is 1.84. The second-order valence-electron chi connectivity index (χ2n) is 7.57. The number of ether oxygens (including phenoxy) is 1. The van der Waals surface area contributed by atoms with Crippen LogP contribution in [0.15, 0.2) is 28.7 Å². The summed E-state index contributed by atoms with van der Waals surface area (Å²) in [5.41, 5.74) is 0.396. The van der Waals surface area contributed by atoms with E-state index < -0.39 is 5.60 Å². The molecule has 1 saturated carbocycles. The van der Waals surface area contributed by atoms with Crippen LogP contribution in [0.2, 0.25) is 0 Å². The standard InChI is InChI=1S/C19H27BrN2O3/c1-19(2,3)25-18(24)21-15-9-5-13(6-10-15)17(23)22(4)16-11-7-14(20)8-12-16/h7-8,11-13,15H,5-6,9-10H2,1-4H3,(H,21,24)/t13-,15-. The number of hydrogen-bond donors (Lipinski definition) is 1. The van der Waals surface area contributed by atoms with Gasteiger partial charge < -0.3 is 15.0 Å². The molecule has 1 fully saturated rings. The second-order valence-corrected chi connectivity index (χ2v) is 8.48. The van der Waals surface area contributed by atoms with Gasteiger partial charge >= 0.3 is 6.09 Å². The zero-order valence-electron chi connectivity index (χ0n) is 15.3. The quantitative estimate of drug-likeness (QED) is 0.797. The Labute approximate surface area is 158 Å². The summed E-state index contributed by atoms with van der Waals surface area (Å²) in [6.45, 7) is 5.54. The molecule has 2 rings (SSSR count). The Bertz CT molecular complexity index is 602. The van der Waals surface area contributed by atoms with Crippen molar-refractivity contribution in [3.63, 3.8) is 0 Å². The third-order valence-electron chi connectivity index (χ3n) is 4.34. The van der Waals surface area contributed by atoms with Gasteiger partial charge in [0, 0.05) is 29.2 Å². The summed E-state index contributed by atoms with van der Waals surface area (Å²) in [7, 11) is 1.82. The van der Waals surface area contributed by atoms with Crippen LogP contribution >= 0.6 is 15.9 Å². The average Bonchev–Trinajstić information content (AvgIpc) is 2.53. The number of carbonyl (C=O) groups excluding carboxylic acids is 2. The molecule has 25 heavy (non-hydrogen) atoms. The Morgan fingerprint density at radius 3 is 2.20 bits per heavy atom. The van der Waals surface area contributed by atoms with Gasteiger partial charge in [-0.05, 0) is 70.7 Å². The molecule has 0 aliphatic heterocycles. The fourth-order valence-corrected chi connectivity index (χ4v) is 3.29. The van der Waals surface area contributed by atoms with E-state index in [1.165, 1.54) is 0 Å². The fraction of sp³-hybridized carbons (Fsp3) is 0.579. The highest BCUT2D eigenvalue weighted by molar-refractivity contribution is 9.10. The number of amides is 2. The lowest BCUT2D eigenvalue weighted by molar-refractivity contribution is -0.123. The normalized spacial score (nSPS) is 20.7. The number of hydrogen-bond acceptors (Lipinski definition) is 3. The van der Waals surface area contributed by atoms with Gasteiger partial charge in [-0.25, -0.2) is 4.79 Å². The maximum atomic E-state index is 12.7. The Hall–Kier alpha value is -1.56. The predicted molar refractivity (Wildman–Crippen MR) is 103 cm³/mol. The maximum absolute atomic E-state index is 12.7. The van der Waals surface area contributed by atoms with Crippen molar-refractivity contribution >= 4 is 33.6 Å². The van der Waals surface area contributed by atoms with Gasteiger partial charge in [-0.3, -0.25) is 4.79 Å². The molecule has 0 radical (unpaired) electrons. The lowest BCUT2D eigenvalue weighted by Gasteiger charge is -2.31. The molecule has 1 aliphatic rings. The van der Waals surface area contributed by atoms with Gasteiger partial charge in [-0.1, -0.05) is 15.9 Å². The third kappa shape index (κ3) is 6.03. The molecule has 1 aromatic rings. The molecule has 2 amide bonds. The highest BCUT2D eigenvalue weighted by Gasteiger charge is 2.30. The van der Waals surface area contributed by atoms with Gasteiger partial charge in [0.05, 0.1) is 0 Å². The number of nitrogens with one attached hydrogen (secondary N) is 1. The van der Waals surface area contributed by atoms with Crippen LogP contribution in [0.3, 0.4) is 0 Å². The molecule has 0 atom stereocenters. The van der Waals surface area contributed by atoms with E-state index in [2.05, 4.69) is 21.2 Å². The van der Waals surface area contributed by atoms with Crippen LogP contribution in [0.1, 0.15) is 46.5 Å². The molecule has 0 aromatic heterocycles. The number of alkyl carbamates (subject to hydrolysis) is 1. The molecule has 1 aromatic carbocycles. The first-order valence-corrected chi connectivity index (χ1v) is 9.47. The lowest BCUT2D eigenvalue weighted by Crippen LogP contribution is -2.43. The van der Waals surface area contributed by atoms with Gasteiger partial charge in [0.25, 0.3) is 0 Å². The molecule has 1 aliphatic carbocycles. The number of halogens is 1. The fourth-order valence-electron chi connectivity index (χ4n) is 3.02. The predicted octanol–water partition coefficient (Wildman–Crippen LogP) is 4.50. The van der Waals surface area contributed by atoms with Crippen molar-refractivity contribution in [1.82, 2.24) is 5.32 Å². The summed E-state index contributed by atoms with van der Waals surface area (Å²) in [4.78, 5) is 26.3. The smallest absolute Gasteiger partial charge is 0.407 e. The van der Waals surface area contributed by atoms with Gasteiger partial charge in [0.15, 0.2) is 0 Å². The molecular weight excluding hydrogens is 384 g/mol. The van der Waals surface area contributed by atoms with Gasteiger partial charge in [0.2, 0.25) is 5.91 Å². The molecular formula is C19H27BrN2O3. The molecule has 0 unspecified atom stereocenters.